The summed E-state index contributed by atoms with van der Waals surface area (Å²) in [5.74, 6) is 0.341. The van der Waals surface area contributed by atoms with Crippen LogP contribution >= 0.6 is 0 Å². The number of hydrogen-bond donors (Lipinski definition) is 0. The van der Waals surface area contributed by atoms with Crippen molar-refractivity contribution < 1.29 is 13.2 Å². The van der Waals surface area contributed by atoms with Gasteiger partial charge in [-0.05, 0) is 36.8 Å². The lowest BCUT2D eigenvalue weighted by Crippen LogP contribution is -2.27. The van der Waals surface area contributed by atoms with Gasteiger partial charge in [0.15, 0.2) is 0 Å². The molecule has 0 saturated heterocycles. The van der Waals surface area contributed by atoms with Crippen LogP contribution in [0.5, 0.6) is 5.75 Å². The second kappa shape index (κ2) is 6.24. The number of ether oxygens (including phenoxy) is 1. The van der Waals surface area contributed by atoms with E-state index < -0.39 is 10.0 Å². The molecule has 1 aromatic carbocycles. The van der Waals surface area contributed by atoms with E-state index in [0.29, 0.717) is 11.4 Å². The molecule has 21 heavy (non-hydrogen) atoms. The molecule has 0 fully saturated rings. The van der Waals surface area contributed by atoms with Crippen molar-refractivity contribution >= 4 is 10.0 Å². The number of aromatic nitrogens is 1. The third kappa shape index (κ3) is 3.40. The quantitative estimate of drug-likeness (QED) is 0.850. The van der Waals surface area contributed by atoms with Gasteiger partial charge in [0.05, 0.1) is 19.3 Å². The molecule has 1 aromatic heterocycles. The van der Waals surface area contributed by atoms with E-state index in [0.717, 1.165) is 5.56 Å². The van der Waals surface area contributed by atoms with Crippen LogP contribution in [-0.2, 0) is 16.6 Å². The van der Waals surface area contributed by atoms with Crippen LogP contribution in [0, 0.1) is 6.92 Å². The van der Waals surface area contributed by atoms with Crippen LogP contribution in [0.1, 0.15) is 11.3 Å². The Balaban J connectivity index is 2.35. The van der Waals surface area contributed by atoms with Crippen LogP contribution in [-0.4, -0.2) is 31.9 Å². The molecule has 2 rings (SSSR count). The van der Waals surface area contributed by atoms with Crippen molar-refractivity contribution in [1.29, 1.82) is 0 Å². The maximum absolute atomic E-state index is 12.7. The Morgan fingerprint density at radius 2 is 2.00 bits per heavy atom. The fourth-order valence-electron chi connectivity index (χ4n) is 1.96. The van der Waals surface area contributed by atoms with Crippen LogP contribution in [0.2, 0.25) is 0 Å². The monoisotopic (exact) mass is 306 g/mol. The Kier molecular flexibility index (Phi) is 4.59. The zero-order chi connectivity index (χ0) is 15.5. The molecular formula is C15H18N2O3S. The van der Waals surface area contributed by atoms with Gasteiger partial charge in [-0.2, -0.15) is 4.31 Å². The minimum absolute atomic E-state index is 0.170. The predicted molar refractivity (Wildman–Crippen MR) is 80.6 cm³/mol. The lowest BCUT2D eigenvalue weighted by molar-refractivity contribution is 0.397. The molecule has 112 valence electrons. The Morgan fingerprint density at radius 3 is 2.62 bits per heavy atom. The average Bonchev–Trinajstić information content (AvgIpc) is 2.48. The molecule has 0 aliphatic carbocycles. The topological polar surface area (TPSA) is 59.5 Å². The Bertz CT molecular complexity index is 715. The molecule has 1 heterocycles. The second-order valence-electron chi connectivity index (χ2n) is 4.74. The lowest BCUT2D eigenvalue weighted by atomic mass is 10.2. The number of rotatable bonds is 5. The molecule has 0 bridgehead atoms. The molecule has 0 radical (unpaired) electrons. The average molecular weight is 306 g/mol. The van der Waals surface area contributed by atoms with E-state index in [4.69, 9.17) is 4.74 Å². The highest BCUT2D eigenvalue weighted by molar-refractivity contribution is 7.89. The molecule has 0 spiro atoms. The first-order valence-electron chi connectivity index (χ1n) is 6.46. The molecule has 5 nitrogen and oxygen atoms in total. The molecule has 0 saturated carbocycles. The van der Waals surface area contributed by atoms with Crippen LogP contribution in [0.15, 0.2) is 47.5 Å². The first kappa shape index (κ1) is 15.5. The summed E-state index contributed by atoms with van der Waals surface area (Å²) in [6, 6.07) is 10.5. The van der Waals surface area contributed by atoms with Gasteiger partial charge in [0.1, 0.15) is 10.6 Å². The van der Waals surface area contributed by atoms with E-state index >= 15 is 0 Å². The third-order valence-electron chi connectivity index (χ3n) is 3.12. The first-order chi connectivity index (χ1) is 9.95. The summed E-state index contributed by atoms with van der Waals surface area (Å²) in [4.78, 5) is 4.32. The number of methoxy groups -OCH3 is 1. The molecule has 0 unspecified atom stereocenters. The summed E-state index contributed by atoms with van der Waals surface area (Å²) in [6.07, 6.45) is 1.64. The highest BCUT2D eigenvalue weighted by Crippen LogP contribution is 2.27. The standard InChI is InChI=1S/C15H18N2O3S/c1-12-7-8-14(20-3)15(10-12)21(18,19)17(2)11-13-6-4-5-9-16-13/h4-10H,11H2,1-3H3. The van der Waals surface area contributed by atoms with Crippen molar-refractivity contribution in [3.63, 3.8) is 0 Å². The van der Waals surface area contributed by atoms with Crippen molar-refractivity contribution in [3.05, 3.63) is 53.9 Å². The minimum atomic E-state index is -3.63. The second-order valence-corrected chi connectivity index (χ2v) is 6.75. The lowest BCUT2D eigenvalue weighted by Gasteiger charge is -2.18. The Labute approximate surface area is 125 Å². The van der Waals surface area contributed by atoms with Gasteiger partial charge >= 0.3 is 0 Å². The fraction of sp³-hybridized carbons (Fsp3) is 0.267. The summed E-state index contributed by atoms with van der Waals surface area (Å²) in [7, 11) is -0.640. The Hall–Kier alpha value is -1.92. The number of aryl methyl sites for hydroxylation is 1. The molecular weight excluding hydrogens is 288 g/mol. The minimum Gasteiger partial charge on any atom is -0.495 e. The van der Waals surface area contributed by atoms with Crippen LogP contribution < -0.4 is 4.74 Å². The summed E-state index contributed by atoms with van der Waals surface area (Å²) in [5.41, 5.74) is 1.55. The highest BCUT2D eigenvalue weighted by Gasteiger charge is 2.25. The van der Waals surface area contributed by atoms with Gasteiger partial charge in [-0.1, -0.05) is 12.1 Å². The maximum Gasteiger partial charge on any atom is 0.246 e. The van der Waals surface area contributed by atoms with E-state index in [1.807, 2.05) is 19.1 Å². The van der Waals surface area contributed by atoms with Gasteiger partial charge in [-0.15, -0.1) is 0 Å². The van der Waals surface area contributed by atoms with E-state index in [9.17, 15) is 8.42 Å². The van der Waals surface area contributed by atoms with E-state index in [2.05, 4.69) is 4.98 Å². The van der Waals surface area contributed by atoms with Gasteiger partial charge in [0, 0.05) is 13.2 Å². The van der Waals surface area contributed by atoms with E-state index in [1.165, 1.54) is 18.5 Å². The normalized spacial score (nSPS) is 11.6. The zero-order valence-corrected chi connectivity index (χ0v) is 13.1. The van der Waals surface area contributed by atoms with Gasteiger partial charge in [0.2, 0.25) is 10.0 Å². The number of sulfonamides is 1. The summed E-state index contributed by atoms with van der Waals surface area (Å²) >= 11 is 0. The number of benzene rings is 1. The summed E-state index contributed by atoms with van der Waals surface area (Å²) in [6.45, 7) is 2.05. The van der Waals surface area contributed by atoms with Crippen LogP contribution in [0.4, 0.5) is 0 Å². The van der Waals surface area contributed by atoms with E-state index in [1.54, 1.807) is 30.5 Å². The van der Waals surface area contributed by atoms with Crippen molar-refractivity contribution in [2.24, 2.45) is 0 Å². The van der Waals surface area contributed by atoms with Crippen molar-refractivity contribution in [3.8, 4) is 5.75 Å². The van der Waals surface area contributed by atoms with Gasteiger partial charge < -0.3 is 4.74 Å². The summed E-state index contributed by atoms with van der Waals surface area (Å²) < 4.78 is 31.8. The number of hydrogen-bond acceptors (Lipinski definition) is 4. The first-order valence-corrected chi connectivity index (χ1v) is 7.90. The smallest absolute Gasteiger partial charge is 0.246 e. The number of nitrogens with zero attached hydrogens (tertiary/aromatic N) is 2. The largest absolute Gasteiger partial charge is 0.495 e. The zero-order valence-electron chi connectivity index (χ0n) is 12.3. The molecule has 2 aromatic rings. The van der Waals surface area contributed by atoms with Crippen LogP contribution in [0.3, 0.4) is 0 Å². The van der Waals surface area contributed by atoms with Crippen molar-refractivity contribution in [1.82, 2.24) is 9.29 Å². The highest BCUT2D eigenvalue weighted by atomic mass is 32.2. The van der Waals surface area contributed by atoms with E-state index in [-0.39, 0.29) is 11.4 Å². The molecule has 0 N–H and O–H groups in total. The number of pyridine rings is 1. The predicted octanol–water partition coefficient (Wildman–Crippen LogP) is 2.22. The molecule has 0 atom stereocenters. The van der Waals surface area contributed by atoms with Gasteiger partial charge in [-0.25, -0.2) is 8.42 Å². The van der Waals surface area contributed by atoms with Crippen molar-refractivity contribution in [2.45, 2.75) is 18.4 Å². The van der Waals surface area contributed by atoms with Crippen molar-refractivity contribution in [2.75, 3.05) is 14.2 Å². The van der Waals surface area contributed by atoms with Gasteiger partial charge in [-0.3, -0.25) is 4.98 Å². The fourth-order valence-corrected chi connectivity index (χ4v) is 3.34. The Morgan fingerprint density at radius 1 is 1.24 bits per heavy atom. The maximum atomic E-state index is 12.7. The third-order valence-corrected chi connectivity index (χ3v) is 4.94. The molecule has 0 aliphatic rings. The molecule has 0 aliphatic heterocycles. The van der Waals surface area contributed by atoms with Gasteiger partial charge in [0.25, 0.3) is 0 Å². The molecule has 6 heteroatoms. The SMILES string of the molecule is COc1ccc(C)cc1S(=O)(=O)N(C)Cc1ccccn1. The van der Waals surface area contributed by atoms with Crippen LogP contribution in [0.25, 0.3) is 0 Å². The summed E-state index contributed by atoms with van der Waals surface area (Å²) in [5, 5.41) is 0. The molecule has 0 amide bonds.